The van der Waals surface area contributed by atoms with Crippen molar-refractivity contribution in [2.24, 2.45) is 7.05 Å². The van der Waals surface area contributed by atoms with Crippen LogP contribution >= 0.6 is 23.1 Å². The van der Waals surface area contributed by atoms with Gasteiger partial charge in [-0.25, -0.2) is 9.78 Å². The Labute approximate surface area is 179 Å². The van der Waals surface area contributed by atoms with Gasteiger partial charge in [0.25, 0.3) is 11.6 Å². The molecule has 156 valence electrons. The molecule has 1 aromatic carbocycles. The summed E-state index contributed by atoms with van der Waals surface area (Å²) in [5, 5.41) is 20.0. The number of hydrogen-bond acceptors (Lipinski definition) is 9. The second-order valence-corrected chi connectivity index (χ2v) is 8.36. The van der Waals surface area contributed by atoms with Gasteiger partial charge >= 0.3 is 5.97 Å². The van der Waals surface area contributed by atoms with Crippen LogP contribution in [0.1, 0.15) is 21.7 Å². The maximum Gasteiger partial charge on any atom is 0.338 e. The Balaban J connectivity index is 1.66. The average Bonchev–Trinajstić information content (AvgIpc) is 3.23. The van der Waals surface area contributed by atoms with Crippen LogP contribution in [-0.2, 0) is 16.6 Å². The monoisotopic (exact) mass is 447 g/mol. The van der Waals surface area contributed by atoms with Crippen molar-refractivity contribution < 1.29 is 19.2 Å². The van der Waals surface area contributed by atoms with Gasteiger partial charge in [-0.2, -0.15) is 5.10 Å². The van der Waals surface area contributed by atoms with Crippen molar-refractivity contribution in [2.45, 2.75) is 23.1 Å². The van der Waals surface area contributed by atoms with Gasteiger partial charge in [-0.05, 0) is 26.0 Å². The molecular weight excluding hydrogens is 430 g/mol. The van der Waals surface area contributed by atoms with Gasteiger partial charge in [0.15, 0.2) is 10.9 Å². The second-order valence-electron chi connectivity index (χ2n) is 6.22. The molecule has 3 aromatic rings. The van der Waals surface area contributed by atoms with Crippen LogP contribution < -0.4 is 5.32 Å². The van der Waals surface area contributed by atoms with Crippen molar-refractivity contribution in [1.82, 2.24) is 14.8 Å². The minimum atomic E-state index is -0.837. The number of nitrogens with one attached hydrogen (secondary N) is 1. The minimum absolute atomic E-state index is 0.0226. The smallest absolute Gasteiger partial charge is 0.338 e. The molecule has 0 saturated heterocycles. The Morgan fingerprint density at radius 1 is 1.30 bits per heavy atom. The molecule has 0 unspecified atom stereocenters. The molecule has 2 aromatic heterocycles. The summed E-state index contributed by atoms with van der Waals surface area (Å²) in [6.45, 7) is 3.08. The number of esters is 1. The number of thiazole rings is 1. The number of rotatable bonds is 7. The van der Waals surface area contributed by atoms with Gasteiger partial charge in [-0.15, -0.1) is 11.3 Å². The molecule has 0 atom stereocenters. The van der Waals surface area contributed by atoms with Crippen LogP contribution in [0.4, 0.5) is 11.5 Å². The number of hydrogen-bond donors (Lipinski definition) is 1. The van der Waals surface area contributed by atoms with E-state index in [0.29, 0.717) is 15.1 Å². The highest BCUT2D eigenvalue weighted by Crippen LogP contribution is 2.36. The lowest BCUT2D eigenvalue weighted by molar-refractivity contribution is -0.387. The fourth-order valence-electron chi connectivity index (χ4n) is 2.47. The molecule has 2 heterocycles. The quantitative estimate of drug-likeness (QED) is 0.332. The first-order valence-corrected chi connectivity index (χ1v) is 10.3. The van der Waals surface area contributed by atoms with Crippen LogP contribution in [-0.4, -0.2) is 38.2 Å². The molecule has 3 rings (SSSR count). The zero-order valence-corrected chi connectivity index (χ0v) is 17.9. The number of nitrogens with zero attached hydrogens (tertiary/aromatic N) is 4. The van der Waals surface area contributed by atoms with E-state index in [1.807, 2.05) is 12.3 Å². The summed E-state index contributed by atoms with van der Waals surface area (Å²) < 4.78 is 7.13. The first-order valence-electron chi connectivity index (χ1n) is 8.59. The standard InChI is InChI=1S/C18H17N5O5S2/c1-10-6-15(22(3)21-10)20-16(24)8-28-17(25)12-4-5-14(13(7-12)23(26)27)30-18-19-11(2)9-29-18/h4-7,9H,8H2,1-3H3,(H,20,24). The molecule has 10 nitrogen and oxygen atoms in total. The highest BCUT2D eigenvalue weighted by atomic mass is 32.2. The zero-order valence-electron chi connectivity index (χ0n) is 16.2. The van der Waals surface area contributed by atoms with Gasteiger partial charge in [-0.3, -0.25) is 19.6 Å². The number of carbonyl (C=O) groups excluding carboxylic acids is 2. The molecule has 12 heteroatoms. The van der Waals surface area contributed by atoms with E-state index in [-0.39, 0.29) is 11.3 Å². The largest absolute Gasteiger partial charge is 0.452 e. The highest BCUT2D eigenvalue weighted by molar-refractivity contribution is 8.01. The van der Waals surface area contributed by atoms with Gasteiger partial charge < -0.3 is 10.1 Å². The van der Waals surface area contributed by atoms with Gasteiger partial charge in [0, 0.05) is 30.3 Å². The molecule has 0 aliphatic rings. The topological polar surface area (TPSA) is 129 Å². The molecule has 0 aliphatic heterocycles. The lowest BCUT2D eigenvalue weighted by Crippen LogP contribution is -2.22. The molecule has 0 radical (unpaired) electrons. The first-order chi connectivity index (χ1) is 14.2. The van der Waals surface area contributed by atoms with E-state index in [1.54, 1.807) is 20.0 Å². The molecule has 0 aliphatic carbocycles. The van der Waals surface area contributed by atoms with Gasteiger partial charge in [0.05, 0.1) is 21.1 Å². The number of benzene rings is 1. The van der Waals surface area contributed by atoms with Crippen molar-refractivity contribution >= 4 is 46.5 Å². The Hall–Kier alpha value is -3.25. The average molecular weight is 447 g/mol. The maximum absolute atomic E-state index is 12.3. The van der Waals surface area contributed by atoms with E-state index in [2.05, 4.69) is 15.4 Å². The lowest BCUT2D eigenvalue weighted by atomic mass is 10.2. The number of nitro benzene ring substituents is 1. The van der Waals surface area contributed by atoms with Crippen molar-refractivity contribution in [3.63, 3.8) is 0 Å². The number of carbonyl (C=O) groups is 2. The van der Waals surface area contributed by atoms with Gasteiger partial charge in [0.2, 0.25) is 0 Å². The van der Waals surface area contributed by atoms with E-state index in [4.69, 9.17) is 4.74 Å². The van der Waals surface area contributed by atoms with Crippen LogP contribution in [0.25, 0.3) is 0 Å². The van der Waals surface area contributed by atoms with Crippen LogP contribution in [0.3, 0.4) is 0 Å². The number of amides is 1. The SMILES string of the molecule is Cc1csc(Sc2ccc(C(=O)OCC(=O)Nc3cc(C)nn3C)cc2[N+](=O)[O-])n1. The third kappa shape index (κ3) is 5.21. The molecule has 0 bridgehead atoms. The summed E-state index contributed by atoms with van der Waals surface area (Å²) in [5.41, 5.74) is 1.29. The van der Waals surface area contributed by atoms with Crippen molar-refractivity contribution in [3.8, 4) is 0 Å². The third-order valence-corrected chi connectivity index (χ3v) is 5.91. The fraction of sp³-hybridized carbons (Fsp3) is 0.222. The summed E-state index contributed by atoms with van der Waals surface area (Å²) in [7, 11) is 1.67. The predicted octanol–water partition coefficient (Wildman–Crippen LogP) is 3.35. The van der Waals surface area contributed by atoms with Gasteiger partial charge in [-0.1, -0.05) is 11.8 Å². The second kappa shape index (κ2) is 9.05. The van der Waals surface area contributed by atoms with Crippen molar-refractivity contribution in [1.29, 1.82) is 0 Å². The molecule has 30 heavy (non-hydrogen) atoms. The van der Waals surface area contributed by atoms with E-state index in [9.17, 15) is 19.7 Å². The molecule has 1 amide bonds. The van der Waals surface area contributed by atoms with Crippen LogP contribution in [0.15, 0.2) is 38.9 Å². The Morgan fingerprint density at radius 2 is 2.07 bits per heavy atom. The number of anilines is 1. The molecule has 1 N–H and O–H groups in total. The molecular formula is C18H17N5O5S2. The van der Waals surface area contributed by atoms with Crippen LogP contribution in [0, 0.1) is 24.0 Å². The molecule has 0 saturated carbocycles. The zero-order chi connectivity index (χ0) is 21.8. The van der Waals surface area contributed by atoms with Crippen molar-refractivity contribution in [3.05, 3.63) is 56.7 Å². The van der Waals surface area contributed by atoms with E-state index in [0.717, 1.165) is 29.2 Å². The summed E-state index contributed by atoms with van der Waals surface area (Å²) in [4.78, 5) is 39.8. The summed E-state index contributed by atoms with van der Waals surface area (Å²) in [6, 6.07) is 5.69. The molecule has 0 fully saturated rings. The Kier molecular flexibility index (Phi) is 6.47. The summed E-state index contributed by atoms with van der Waals surface area (Å²) in [5.74, 6) is -0.925. The number of aromatic nitrogens is 3. The maximum atomic E-state index is 12.3. The van der Waals surface area contributed by atoms with Crippen LogP contribution in [0.2, 0.25) is 0 Å². The van der Waals surface area contributed by atoms with E-state index >= 15 is 0 Å². The van der Waals surface area contributed by atoms with E-state index < -0.39 is 23.4 Å². The first kappa shape index (κ1) is 21.5. The summed E-state index contributed by atoms with van der Waals surface area (Å²) >= 11 is 2.52. The molecule has 0 spiro atoms. The summed E-state index contributed by atoms with van der Waals surface area (Å²) in [6.07, 6.45) is 0. The normalized spacial score (nSPS) is 10.6. The number of aryl methyl sites for hydroxylation is 3. The van der Waals surface area contributed by atoms with Crippen LogP contribution in [0.5, 0.6) is 0 Å². The van der Waals surface area contributed by atoms with Crippen molar-refractivity contribution in [2.75, 3.05) is 11.9 Å². The van der Waals surface area contributed by atoms with E-state index in [1.165, 1.54) is 28.2 Å². The minimum Gasteiger partial charge on any atom is -0.452 e. The lowest BCUT2D eigenvalue weighted by Gasteiger charge is -2.07. The predicted molar refractivity (Wildman–Crippen MR) is 111 cm³/mol. The Bertz CT molecular complexity index is 1120. The highest BCUT2D eigenvalue weighted by Gasteiger charge is 2.21. The van der Waals surface area contributed by atoms with Gasteiger partial charge in [0.1, 0.15) is 5.82 Å². The number of ether oxygens (including phenoxy) is 1. The number of nitro groups is 1. The fourth-order valence-corrected chi connectivity index (χ4v) is 4.35. The Morgan fingerprint density at radius 3 is 2.67 bits per heavy atom. The third-order valence-electron chi connectivity index (χ3n) is 3.79.